The Morgan fingerprint density at radius 2 is 2.12 bits per heavy atom. The van der Waals surface area contributed by atoms with E-state index in [4.69, 9.17) is 16.3 Å². The molecule has 0 aromatic carbocycles. The highest BCUT2D eigenvalue weighted by molar-refractivity contribution is 6.31. The van der Waals surface area contributed by atoms with E-state index >= 15 is 0 Å². The lowest BCUT2D eigenvalue weighted by Gasteiger charge is -2.03. The van der Waals surface area contributed by atoms with Crippen molar-refractivity contribution in [2.45, 2.75) is 20.8 Å². The summed E-state index contributed by atoms with van der Waals surface area (Å²) in [6.07, 6.45) is 2.88. The molecule has 0 aliphatic heterocycles. The molecule has 0 fully saturated rings. The fraction of sp³-hybridized carbons (Fsp3) is 0.364. The zero-order valence-corrected chi connectivity index (χ0v) is 10.2. The molecule has 16 heavy (non-hydrogen) atoms. The van der Waals surface area contributed by atoms with Gasteiger partial charge in [0.15, 0.2) is 0 Å². The van der Waals surface area contributed by atoms with Crippen LogP contribution in [0.2, 0.25) is 5.15 Å². The van der Waals surface area contributed by atoms with Gasteiger partial charge in [-0.25, -0.2) is 14.8 Å². The van der Waals surface area contributed by atoms with Gasteiger partial charge in [0, 0.05) is 17.3 Å². The van der Waals surface area contributed by atoms with Gasteiger partial charge in [0.05, 0.1) is 6.61 Å². The van der Waals surface area contributed by atoms with E-state index in [0.717, 1.165) is 5.69 Å². The van der Waals surface area contributed by atoms with Crippen LogP contribution in [0, 0.1) is 13.8 Å². The summed E-state index contributed by atoms with van der Waals surface area (Å²) in [6.45, 7) is 5.67. The lowest BCUT2D eigenvalue weighted by Crippen LogP contribution is -2.00. The average Bonchev–Trinajstić information content (AvgIpc) is 2.16. The maximum Gasteiger partial charge on any atom is 0.330 e. The second kappa shape index (κ2) is 5.61. The number of rotatable bonds is 3. The van der Waals surface area contributed by atoms with E-state index in [2.05, 4.69) is 9.97 Å². The number of hydrogen-bond acceptors (Lipinski definition) is 4. The standard InChI is InChI=1S/C11H13ClN2O2/c1-4-16-10(15)6-5-9-7(2)13-8(3)14-11(9)12/h5-6H,4H2,1-3H3/b6-5+. The van der Waals surface area contributed by atoms with Crippen LogP contribution in [0.3, 0.4) is 0 Å². The van der Waals surface area contributed by atoms with Crippen molar-refractivity contribution >= 4 is 23.6 Å². The van der Waals surface area contributed by atoms with E-state index in [9.17, 15) is 4.79 Å². The zero-order valence-electron chi connectivity index (χ0n) is 9.45. The van der Waals surface area contributed by atoms with E-state index in [1.807, 2.05) is 6.92 Å². The second-order valence-electron chi connectivity index (χ2n) is 3.15. The summed E-state index contributed by atoms with van der Waals surface area (Å²) in [7, 11) is 0. The van der Waals surface area contributed by atoms with E-state index in [0.29, 0.717) is 23.1 Å². The van der Waals surface area contributed by atoms with Crippen molar-refractivity contribution in [2.24, 2.45) is 0 Å². The third kappa shape index (κ3) is 3.31. The number of aryl methyl sites for hydroxylation is 2. The average molecular weight is 241 g/mol. The fourth-order valence-corrected chi connectivity index (χ4v) is 1.53. The van der Waals surface area contributed by atoms with Gasteiger partial charge in [-0.1, -0.05) is 11.6 Å². The molecule has 0 aliphatic carbocycles. The molecule has 1 aromatic heterocycles. The van der Waals surface area contributed by atoms with Crippen LogP contribution in [0.25, 0.3) is 6.08 Å². The van der Waals surface area contributed by atoms with Gasteiger partial charge in [0.2, 0.25) is 0 Å². The molecular weight excluding hydrogens is 228 g/mol. The van der Waals surface area contributed by atoms with E-state index in [1.54, 1.807) is 19.9 Å². The molecule has 5 heteroatoms. The lowest BCUT2D eigenvalue weighted by molar-refractivity contribution is -0.137. The highest BCUT2D eigenvalue weighted by Gasteiger charge is 2.05. The molecule has 4 nitrogen and oxygen atoms in total. The number of esters is 1. The molecule has 0 unspecified atom stereocenters. The number of aromatic nitrogens is 2. The van der Waals surface area contributed by atoms with Gasteiger partial charge in [-0.2, -0.15) is 0 Å². The SMILES string of the molecule is CCOC(=O)/C=C/c1c(C)nc(C)nc1Cl. The number of hydrogen-bond donors (Lipinski definition) is 0. The van der Waals surface area contributed by atoms with E-state index in [1.165, 1.54) is 6.08 Å². The Labute approximate surface area is 99.3 Å². The monoisotopic (exact) mass is 240 g/mol. The van der Waals surface area contributed by atoms with Crippen molar-refractivity contribution in [3.05, 3.63) is 28.3 Å². The maximum absolute atomic E-state index is 11.1. The van der Waals surface area contributed by atoms with E-state index < -0.39 is 5.97 Å². The highest BCUT2D eigenvalue weighted by Crippen LogP contribution is 2.17. The van der Waals surface area contributed by atoms with Crippen LogP contribution in [0.4, 0.5) is 0 Å². The first-order valence-electron chi connectivity index (χ1n) is 4.90. The molecule has 0 aliphatic rings. The fourth-order valence-electron chi connectivity index (χ4n) is 1.21. The Hall–Kier alpha value is -1.42. The predicted molar refractivity (Wildman–Crippen MR) is 62.2 cm³/mol. The van der Waals surface area contributed by atoms with Gasteiger partial charge in [0.1, 0.15) is 11.0 Å². The highest BCUT2D eigenvalue weighted by atomic mass is 35.5. The van der Waals surface area contributed by atoms with Crippen LogP contribution in [-0.2, 0) is 9.53 Å². The van der Waals surface area contributed by atoms with Crippen molar-refractivity contribution in [2.75, 3.05) is 6.61 Å². The van der Waals surface area contributed by atoms with Gasteiger partial charge >= 0.3 is 5.97 Å². The minimum atomic E-state index is -0.404. The third-order valence-corrected chi connectivity index (χ3v) is 2.16. The normalized spacial score (nSPS) is 10.8. The quantitative estimate of drug-likeness (QED) is 0.462. The number of carbonyl (C=O) groups is 1. The van der Waals surface area contributed by atoms with Crippen LogP contribution in [0.15, 0.2) is 6.08 Å². The Morgan fingerprint density at radius 3 is 2.69 bits per heavy atom. The van der Waals surface area contributed by atoms with Crippen molar-refractivity contribution in [3.8, 4) is 0 Å². The van der Waals surface area contributed by atoms with Crippen LogP contribution in [-0.4, -0.2) is 22.5 Å². The summed E-state index contributed by atoms with van der Waals surface area (Å²) in [5.74, 6) is 0.203. The third-order valence-electron chi connectivity index (χ3n) is 1.87. The number of ether oxygens (including phenoxy) is 1. The minimum absolute atomic E-state index is 0.338. The van der Waals surface area contributed by atoms with Gasteiger partial charge < -0.3 is 4.74 Å². The predicted octanol–water partition coefficient (Wildman–Crippen LogP) is 2.32. The second-order valence-corrected chi connectivity index (χ2v) is 3.50. The summed E-state index contributed by atoms with van der Waals surface area (Å²) in [5.41, 5.74) is 1.37. The minimum Gasteiger partial charge on any atom is -0.463 e. The maximum atomic E-state index is 11.1. The molecule has 0 atom stereocenters. The molecule has 1 rings (SSSR count). The molecule has 0 N–H and O–H groups in total. The van der Waals surface area contributed by atoms with Crippen molar-refractivity contribution < 1.29 is 9.53 Å². The Kier molecular flexibility index (Phi) is 4.43. The van der Waals surface area contributed by atoms with Crippen molar-refractivity contribution in [3.63, 3.8) is 0 Å². The van der Waals surface area contributed by atoms with Gasteiger partial charge in [-0.05, 0) is 26.8 Å². The summed E-state index contributed by atoms with van der Waals surface area (Å²) < 4.78 is 4.76. The molecule has 1 aromatic rings. The van der Waals surface area contributed by atoms with Crippen LogP contribution in [0.5, 0.6) is 0 Å². The molecule has 0 bridgehead atoms. The van der Waals surface area contributed by atoms with Crippen LogP contribution >= 0.6 is 11.6 Å². The molecular formula is C11H13ClN2O2. The largest absolute Gasteiger partial charge is 0.463 e. The lowest BCUT2D eigenvalue weighted by atomic mass is 10.2. The number of halogens is 1. The molecule has 0 spiro atoms. The first kappa shape index (κ1) is 12.6. The van der Waals surface area contributed by atoms with Crippen LogP contribution in [0.1, 0.15) is 24.0 Å². The van der Waals surface area contributed by atoms with Crippen LogP contribution < -0.4 is 0 Å². The molecule has 1 heterocycles. The van der Waals surface area contributed by atoms with Gasteiger partial charge in [-0.15, -0.1) is 0 Å². The molecule has 0 amide bonds. The molecule has 0 radical (unpaired) electrons. The van der Waals surface area contributed by atoms with E-state index in [-0.39, 0.29) is 0 Å². The van der Waals surface area contributed by atoms with Gasteiger partial charge in [0.25, 0.3) is 0 Å². The van der Waals surface area contributed by atoms with Gasteiger partial charge in [-0.3, -0.25) is 0 Å². The first-order valence-corrected chi connectivity index (χ1v) is 5.28. The Bertz CT molecular complexity index is 407. The zero-order chi connectivity index (χ0) is 12.1. The molecule has 0 saturated heterocycles. The smallest absolute Gasteiger partial charge is 0.330 e. The number of carbonyl (C=O) groups excluding carboxylic acids is 1. The van der Waals surface area contributed by atoms with Crippen molar-refractivity contribution in [1.29, 1.82) is 0 Å². The van der Waals surface area contributed by atoms with Crippen molar-refractivity contribution in [1.82, 2.24) is 9.97 Å². The summed E-state index contributed by atoms with van der Waals surface area (Å²) >= 11 is 5.94. The summed E-state index contributed by atoms with van der Waals surface area (Å²) in [4.78, 5) is 19.3. The Morgan fingerprint density at radius 1 is 1.44 bits per heavy atom. The molecule has 86 valence electrons. The Balaban J connectivity index is 2.93. The summed E-state index contributed by atoms with van der Waals surface area (Å²) in [5, 5.41) is 0.338. The molecule has 0 saturated carbocycles. The topological polar surface area (TPSA) is 52.1 Å². The first-order chi connectivity index (χ1) is 7.54. The number of nitrogens with zero attached hydrogens (tertiary/aromatic N) is 2. The summed E-state index contributed by atoms with van der Waals surface area (Å²) in [6, 6.07) is 0.